The highest BCUT2D eigenvalue weighted by Crippen LogP contribution is 2.20. The molecule has 0 bridgehead atoms. The fourth-order valence-electron chi connectivity index (χ4n) is 3.04. The fourth-order valence-corrected chi connectivity index (χ4v) is 3.04. The number of fused-ring (bicyclic) bond motifs is 1. The summed E-state index contributed by atoms with van der Waals surface area (Å²) in [6.45, 7) is 5.26. The summed E-state index contributed by atoms with van der Waals surface area (Å²) in [5.41, 5.74) is 2.05. The zero-order chi connectivity index (χ0) is 19.8. The SMILES string of the molecule is C=CC(=O)NCCCc1nc2ccccc2n1CCOc1cccc(OC)c1. The van der Waals surface area contributed by atoms with E-state index in [1.165, 1.54) is 6.08 Å². The average molecular weight is 379 g/mol. The Kier molecular flexibility index (Phi) is 6.68. The van der Waals surface area contributed by atoms with E-state index in [2.05, 4.69) is 22.5 Å². The molecule has 0 spiro atoms. The average Bonchev–Trinajstić information content (AvgIpc) is 3.08. The van der Waals surface area contributed by atoms with Gasteiger partial charge in [-0.2, -0.15) is 0 Å². The van der Waals surface area contributed by atoms with E-state index in [1.807, 2.05) is 42.5 Å². The van der Waals surface area contributed by atoms with Gasteiger partial charge in [-0.15, -0.1) is 0 Å². The van der Waals surface area contributed by atoms with Crippen molar-refractivity contribution in [3.05, 3.63) is 67.0 Å². The molecule has 1 N–H and O–H groups in total. The molecule has 146 valence electrons. The highest BCUT2D eigenvalue weighted by Gasteiger charge is 2.10. The standard InChI is InChI=1S/C22H25N3O3/c1-3-22(26)23-13-7-12-21-24-19-10-4-5-11-20(19)25(21)14-15-28-18-9-6-8-17(16-18)27-2/h3-6,8-11,16H,1,7,12-15H2,2H3,(H,23,26). The number of aromatic nitrogens is 2. The zero-order valence-electron chi connectivity index (χ0n) is 16.1. The summed E-state index contributed by atoms with van der Waals surface area (Å²) in [4.78, 5) is 16.0. The van der Waals surface area contributed by atoms with Gasteiger partial charge in [0.15, 0.2) is 0 Å². The molecule has 0 saturated heterocycles. The molecule has 6 nitrogen and oxygen atoms in total. The second-order valence-electron chi connectivity index (χ2n) is 6.29. The van der Waals surface area contributed by atoms with Crippen molar-refractivity contribution in [1.29, 1.82) is 0 Å². The summed E-state index contributed by atoms with van der Waals surface area (Å²) < 4.78 is 13.3. The molecule has 6 heteroatoms. The second-order valence-corrected chi connectivity index (χ2v) is 6.29. The van der Waals surface area contributed by atoms with Crippen LogP contribution in [0.3, 0.4) is 0 Å². The number of ether oxygens (including phenoxy) is 2. The number of aryl methyl sites for hydroxylation is 1. The smallest absolute Gasteiger partial charge is 0.243 e. The fraction of sp³-hybridized carbons (Fsp3) is 0.273. The van der Waals surface area contributed by atoms with Gasteiger partial charge in [-0.25, -0.2) is 4.98 Å². The number of hydrogen-bond donors (Lipinski definition) is 1. The van der Waals surface area contributed by atoms with Crippen LogP contribution in [0.4, 0.5) is 0 Å². The van der Waals surface area contributed by atoms with Crippen molar-refractivity contribution in [2.24, 2.45) is 0 Å². The van der Waals surface area contributed by atoms with Crippen LogP contribution in [0.2, 0.25) is 0 Å². The number of imidazole rings is 1. The van der Waals surface area contributed by atoms with Crippen LogP contribution < -0.4 is 14.8 Å². The molecule has 0 aliphatic heterocycles. The molecule has 2 aromatic carbocycles. The van der Waals surface area contributed by atoms with Crippen molar-refractivity contribution in [2.75, 3.05) is 20.3 Å². The molecule has 28 heavy (non-hydrogen) atoms. The third-order valence-corrected chi connectivity index (χ3v) is 4.42. The Morgan fingerprint density at radius 1 is 1.21 bits per heavy atom. The molecular weight excluding hydrogens is 354 g/mol. The minimum Gasteiger partial charge on any atom is -0.497 e. The van der Waals surface area contributed by atoms with Gasteiger partial charge in [0.1, 0.15) is 23.9 Å². The zero-order valence-corrected chi connectivity index (χ0v) is 16.1. The molecule has 0 saturated carbocycles. The topological polar surface area (TPSA) is 65.4 Å². The number of carbonyl (C=O) groups is 1. The van der Waals surface area contributed by atoms with E-state index in [-0.39, 0.29) is 5.91 Å². The number of para-hydroxylation sites is 2. The van der Waals surface area contributed by atoms with Crippen LogP contribution in [0.15, 0.2) is 61.2 Å². The summed E-state index contributed by atoms with van der Waals surface area (Å²) in [5, 5.41) is 2.80. The normalized spacial score (nSPS) is 10.6. The van der Waals surface area contributed by atoms with E-state index < -0.39 is 0 Å². The third-order valence-electron chi connectivity index (χ3n) is 4.42. The monoisotopic (exact) mass is 379 g/mol. The van der Waals surface area contributed by atoms with Gasteiger partial charge in [0, 0.05) is 19.0 Å². The van der Waals surface area contributed by atoms with Crippen molar-refractivity contribution in [3.8, 4) is 11.5 Å². The summed E-state index contributed by atoms with van der Waals surface area (Å²) in [6, 6.07) is 15.7. The third kappa shape index (κ3) is 4.91. The molecule has 0 aliphatic rings. The summed E-state index contributed by atoms with van der Waals surface area (Å²) >= 11 is 0. The molecule has 3 aromatic rings. The first kappa shape index (κ1) is 19.5. The number of nitrogens with one attached hydrogen (secondary N) is 1. The van der Waals surface area contributed by atoms with E-state index >= 15 is 0 Å². The van der Waals surface area contributed by atoms with Gasteiger partial charge in [-0.05, 0) is 36.8 Å². The van der Waals surface area contributed by atoms with E-state index in [4.69, 9.17) is 14.5 Å². The molecule has 0 fully saturated rings. The minimum absolute atomic E-state index is 0.153. The molecule has 1 amide bonds. The van der Waals surface area contributed by atoms with Crippen LogP contribution in [0.25, 0.3) is 11.0 Å². The molecule has 0 radical (unpaired) electrons. The van der Waals surface area contributed by atoms with E-state index in [0.29, 0.717) is 19.7 Å². The number of hydrogen-bond acceptors (Lipinski definition) is 4. The lowest BCUT2D eigenvalue weighted by Gasteiger charge is -2.11. The van der Waals surface area contributed by atoms with E-state index in [1.54, 1.807) is 7.11 Å². The number of carbonyl (C=O) groups excluding carboxylic acids is 1. The first-order valence-corrected chi connectivity index (χ1v) is 9.32. The molecule has 1 heterocycles. The molecule has 3 rings (SSSR count). The van der Waals surface area contributed by atoms with Gasteiger partial charge in [0.05, 0.1) is 24.7 Å². The predicted octanol–water partition coefficient (Wildman–Crippen LogP) is 3.36. The van der Waals surface area contributed by atoms with Gasteiger partial charge in [-0.1, -0.05) is 24.8 Å². The van der Waals surface area contributed by atoms with Crippen LogP contribution in [0, 0.1) is 0 Å². The summed E-state index contributed by atoms with van der Waals surface area (Å²) in [6.07, 6.45) is 2.86. The van der Waals surface area contributed by atoms with Crippen LogP contribution in [-0.2, 0) is 17.8 Å². The Labute approximate surface area is 164 Å². The molecule has 0 aliphatic carbocycles. The van der Waals surface area contributed by atoms with Crippen LogP contribution in [0.1, 0.15) is 12.2 Å². The summed E-state index contributed by atoms with van der Waals surface area (Å²) in [7, 11) is 1.64. The second kappa shape index (κ2) is 9.60. The largest absolute Gasteiger partial charge is 0.497 e. The van der Waals surface area contributed by atoms with Gasteiger partial charge >= 0.3 is 0 Å². The lowest BCUT2D eigenvalue weighted by molar-refractivity contribution is -0.116. The van der Waals surface area contributed by atoms with Gasteiger partial charge in [0.2, 0.25) is 5.91 Å². The van der Waals surface area contributed by atoms with Crippen molar-refractivity contribution in [2.45, 2.75) is 19.4 Å². The van der Waals surface area contributed by atoms with Crippen molar-refractivity contribution < 1.29 is 14.3 Å². The van der Waals surface area contributed by atoms with Gasteiger partial charge in [0.25, 0.3) is 0 Å². The number of benzene rings is 2. The van der Waals surface area contributed by atoms with Gasteiger partial charge in [-0.3, -0.25) is 4.79 Å². The molecule has 0 unspecified atom stereocenters. The number of amides is 1. The lowest BCUT2D eigenvalue weighted by atomic mass is 10.3. The van der Waals surface area contributed by atoms with E-state index in [9.17, 15) is 4.79 Å². The first-order valence-electron chi connectivity index (χ1n) is 9.32. The Morgan fingerprint density at radius 3 is 2.86 bits per heavy atom. The lowest BCUT2D eigenvalue weighted by Crippen LogP contribution is -2.22. The quantitative estimate of drug-likeness (QED) is 0.433. The number of nitrogens with zero attached hydrogens (tertiary/aromatic N) is 2. The summed E-state index contributed by atoms with van der Waals surface area (Å²) in [5.74, 6) is 2.38. The Morgan fingerprint density at radius 2 is 2.04 bits per heavy atom. The predicted molar refractivity (Wildman–Crippen MR) is 110 cm³/mol. The van der Waals surface area contributed by atoms with Crippen molar-refractivity contribution >= 4 is 16.9 Å². The van der Waals surface area contributed by atoms with E-state index in [0.717, 1.165) is 41.2 Å². The number of methoxy groups -OCH3 is 1. The Bertz CT molecular complexity index is 949. The molecule has 0 atom stereocenters. The highest BCUT2D eigenvalue weighted by atomic mass is 16.5. The Hall–Kier alpha value is -3.28. The minimum atomic E-state index is -0.153. The maximum absolute atomic E-state index is 11.3. The molecule has 1 aromatic heterocycles. The maximum atomic E-state index is 11.3. The number of rotatable bonds is 10. The maximum Gasteiger partial charge on any atom is 0.243 e. The van der Waals surface area contributed by atoms with Crippen LogP contribution in [0.5, 0.6) is 11.5 Å². The molecular formula is C22H25N3O3. The van der Waals surface area contributed by atoms with Gasteiger partial charge < -0.3 is 19.4 Å². The van der Waals surface area contributed by atoms with Crippen LogP contribution >= 0.6 is 0 Å². The highest BCUT2D eigenvalue weighted by molar-refractivity contribution is 5.86. The van der Waals surface area contributed by atoms with Crippen molar-refractivity contribution in [1.82, 2.24) is 14.9 Å². The Balaban J connectivity index is 1.66. The van der Waals surface area contributed by atoms with Crippen molar-refractivity contribution in [3.63, 3.8) is 0 Å². The first-order chi connectivity index (χ1) is 13.7. The van der Waals surface area contributed by atoms with Crippen LogP contribution in [-0.4, -0.2) is 35.7 Å².